The van der Waals surface area contributed by atoms with Crippen LogP contribution >= 0.6 is 15.9 Å². The second kappa shape index (κ2) is 8.96. The van der Waals surface area contributed by atoms with Gasteiger partial charge in [0.25, 0.3) is 0 Å². The summed E-state index contributed by atoms with van der Waals surface area (Å²) < 4.78 is 28.7. The molecule has 1 aromatic heterocycles. The Labute approximate surface area is 209 Å². The summed E-state index contributed by atoms with van der Waals surface area (Å²) in [6.07, 6.45) is 1.60. The van der Waals surface area contributed by atoms with E-state index in [1.54, 1.807) is 62.6 Å². The van der Waals surface area contributed by atoms with Crippen LogP contribution in [0.5, 0.6) is 23.0 Å². The van der Waals surface area contributed by atoms with Gasteiger partial charge in [0, 0.05) is 21.0 Å². The molecule has 3 aromatic carbocycles. The van der Waals surface area contributed by atoms with Gasteiger partial charge in [-0.15, -0.1) is 0 Å². The standard InChI is InChI=1S/C27H19BrO7/c1-14-19(35-27(30)23-13-16-11-17(28)7-9-20(16)33-23)10-8-18-24(29)22(34-25(14)18)12-15-5-4-6-21(31-2)26(15)32-3/h4-13H,1-3H3/b22-12-. The molecule has 0 aliphatic carbocycles. The molecule has 35 heavy (non-hydrogen) atoms. The zero-order chi connectivity index (χ0) is 24.7. The number of furan rings is 1. The summed E-state index contributed by atoms with van der Waals surface area (Å²) in [6.45, 7) is 1.72. The average molecular weight is 535 g/mol. The third kappa shape index (κ3) is 4.06. The lowest BCUT2D eigenvalue weighted by Crippen LogP contribution is -2.08. The minimum absolute atomic E-state index is 0.0701. The fourth-order valence-electron chi connectivity index (χ4n) is 3.91. The average Bonchev–Trinajstić information content (AvgIpc) is 3.42. The number of hydrogen-bond acceptors (Lipinski definition) is 7. The number of Topliss-reactive ketones (excluding diaryl/α,β-unsaturated/α-hetero) is 1. The van der Waals surface area contributed by atoms with Crippen molar-refractivity contribution in [3.63, 3.8) is 0 Å². The van der Waals surface area contributed by atoms with E-state index in [1.165, 1.54) is 7.11 Å². The number of rotatable bonds is 5. The third-order valence-electron chi connectivity index (χ3n) is 5.64. The first-order valence-electron chi connectivity index (χ1n) is 10.6. The first kappa shape index (κ1) is 22.7. The molecule has 7 nitrogen and oxygen atoms in total. The number of esters is 1. The highest BCUT2D eigenvalue weighted by Gasteiger charge is 2.31. The van der Waals surface area contributed by atoms with E-state index in [1.807, 2.05) is 12.1 Å². The highest BCUT2D eigenvalue weighted by Crippen LogP contribution is 2.41. The highest BCUT2D eigenvalue weighted by atomic mass is 79.9. The van der Waals surface area contributed by atoms with Crippen LogP contribution in [0.15, 0.2) is 69.2 Å². The van der Waals surface area contributed by atoms with Gasteiger partial charge in [0.2, 0.25) is 11.5 Å². The van der Waals surface area contributed by atoms with E-state index in [0.717, 1.165) is 9.86 Å². The summed E-state index contributed by atoms with van der Waals surface area (Å²) in [5.41, 5.74) is 2.10. The Balaban J connectivity index is 1.43. The summed E-state index contributed by atoms with van der Waals surface area (Å²) in [5.74, 6) is 0.884. The molecule has 176 valence electrons. The summed E-state index contributed by atoms with van der Waals surface area (Å²) in [5, 5.41) is 0.772. The SMILES string of the molecule is COc1cccc(/C=C2\Oc3c(ccc(OC(=O)c4cc5cc(Br)ccc5o4)c3C)C2=O)c1OC. The normalized spacial score (nSPS) is 13.6. The van der Waals surface area contributed by atoms with Gasteiger partial charge in [-0.2, -0.15) is 0 Å². The van der Waals surface area contributed by atoms with Crippen LogP contribution in [0.3, 0.4) is 0 Å². The molecule has 5 rings (SSSR count). The molecule has 0 fully saturated rings. The van der Waals surface area contributed by atoms with Crippen molar-refractivity contribution in [3.05, 3.63) is 87.3 Å². The van der Waals surface area contributed by atoms with Gasteiger partial charge in [0.15, 0.2) is 17.3 Å². The topological polar surface area (TPSA) is 84.2 Å². The fourth-order valence-corrected chi connectivity index (χ4v) is 4.29. The van der Waals surface area contributed by atoms with Crippen molar-refractivity contribution in [1.29, 1.82) is 0 Å². The molecule has 0 bridgehead atoms. The van der Waals surface area contributed by atoms with Crippen molar-refractivity contribution < 1.29 is 33.0 Å². The lowest BCUT2D eigenvalue weighted by Gasteiger charge is -2.10. The number of ether oxygens (including phenoxy) is 4. The first-order chi connectivity index (χ1) is 16.9. The van der Waals surface area contributed by atoms with Crippen LogP contribution in [-0.4, -0.2) is 26.0 Å². The van der Waals surface area contributed by atoms with E-state index in [-0.39, 0.29) is 23.1 Å². The number of allylic oxidation sites excluding steroid dienone is 1. The van der Waals surface area contributed by atoms with E-state index in [0.29, 0.717) is 39.5 Å². The minimum atomic E-state index is -0.651. The molecule has 0 amide bonds. The lowest BCUT2D eigenvalue weighted by atomic mass is 10.1. The molecule has 1 aliphatic heterocycles. The van der Waals surface area contributed by atoms with E-state index < -0.39 is 5.97 Å². The van der Waals surface area contributed by atoms with Gasteiger partial charge in [-0.3, -0.25) is 4.79 Å². The van der Waals surface area contributed by atoms with Crippen LogP contribution in [0.25, 0.3) is 17.0 Å². The predicted molar refractivity (Wildman–Crippen MR) is 133 cm³/mol. The smallest absolute Gasteiger partial charge is 0.379 e. The van der Waals surface area contributed by atoms with E-state index in [9.17, 15) is 9.59 Å². The fraction of sp³-hybridized carbons (Fsp3) is 0.111. The van der Waals surface area contributed by atoms with Gasteiger partial charge in [-0.1, -0.05) is 28.1 Å². The maximum absolute atomic E-state index is 13.0. The van der Waals surface area contributed by atoms with Crippen LogP contribution in [0.1, 0.15) is 32.0 Å². The number of carbonyl (C=O) groups excluding carboxylic acids is 2. The van der Waals surface area contributed by atoms with Crippen molar-refractivity contribution in [2.45, 2.75) is 6.92 Å². The van der Waals surface area contributed by atoms with Crippen molar-refractivity contribution >= 4 is 44.7 Å². The zero-order valence-corrected chi connectivity index (χ0v) is 20.6. The molecule has 2 heterocycles. The van der Waals surface area contributed by atoms with Gasteiger partial charge < -0.3 is 23.4 Å². The Bertz CT molecular complexity index is 1530. The largest absolute Gasteiger partial charge is 0.493 e. The monoisotopic (exact) mass is 534 g/mol. The molecular weight excluding hydrogens is 516 g/mol. The summed E-state index contributed by atoms with van der Waals surface area (Å²) in [4.78, 5) is 25.7. The van der Waals surface area contributed by atoms with Gasteiger partial charge in [-0.05, 0) is 55.5 Å². The van der Waals surface area contributed by atoms with Crippen molar-refractivity contribution in [3.8, 4) is 23.0 Å². The Morgan fingerprint density at radius 3 is 2.60 bits per heavy atom. The van der Waals surface area contributed by atoms with Crippen LogP contribution in [-0.2, 0) is 0 Å². The zero-order valence-electron chi connectivity index (χ0n) is 19.0. The molecule has 4 aromatic rings. The van der Waals surface area contributed by atoms with Crippen molar-refractivity contribution in [1.82, 2.24) is 0 Å². The molecule has 0 saturated carbocycles. The summed E-state index contributed by atoms with van der Waals surface area (Å²) >= 11 is 3.40. The Hall–Kier alpha value is -4.04. The minimum Gasteiger partial charge on any atom is -0.493 e. The molecule has 1 aliphatic rings. The lowest BCUT2D eigenvalue weighted by molar-refractivity contribution is 0.0702. The second-order valence-corrected chi connectivity index (χ2v) is 8.69. The van der Waals surface area contributed by atoms with Gasteiger partial charge in [-0.25, -0.2) is 4.79 Å². The van der Waals surface area contributed by atoms with Gasteiger partial charge in [0.1, 0.15) is 17.1 Å². The van der Waals surface area contributed by atoms with Crippen LogP contribution in [0.2, 0.25) is 0 Å². The molecule has 0 unspecified atom stereocenters. The maximum Gasteiger partial charge on any atom is 0.379 e. The number of carbonyl (C=O) groups is 2. The van der Waals surface area contributed by atoms with Crippen LogP contribution in [0.4, 0.5) is 0 Å². The number of benzene rings is 3. The van der Waals surface area contributed by atoms with Crippen LogP contribution < -0.4 is 18.9 Å². The number of fused-ring (bicyclic) bond motifs is 2. The number of ketones is 1. The first-order valence-corrected chi connectivity index (χ1v) is 11.4. The number of para-hydroxylation sites is 1. The summed E-state index contributed by atoms with van der Waals surface area (Å²) in [6, 6.07) is 15.6. The van der Waals surface area contributed by atoms with Crippen molar-refractivity contribution in [2.75, 3.05) is 14.2 Å². The molecule has 8 heteroatoms. The second-order valence-electron chi connectivity index (χ2n) is 7.77. The predicted octanol–water partition coefficient (Wildman–Crippen LogP) is 6.36. The molecule has 0 saturated heterocycles. The highest BCUT2D eigenvalue weighted by molar-refractivity contribution is 9.10. The van der Waals surface area contributed by atoms with E-state index in [2.05, 4.69) is 15.9 Å². The maximum atomic E-state index is 13.0. The Kier molecular flexibility index (Phi) is 5.82. The number of hydrogen-bond donors (Lipinski definition) is 0. The van der Waals surface area contributed by atoms with Crippen molar-refractivity contribution in [2.24, 2.45) is 0 Å². The molecule has 0 radical (unpaired) electrons. The molecular formula is C27H19BrO7. The number of methoxy groups -OCH3 is 2. The molecule has 0 N–H and O–H groups in total. The molecule has 0 spiro atoms. The molecule has 0 atom stereocenters. The Morgan fingerprint density at radius 1 is 1.00 bits per heavy atom. The Morgan fingerprint density at radius 2 is 1.83 bits per heavy atom. The van der Waals surface area contributed by atoms with E-state index >= 15 is 0 Å². The summed E-state index contributed by atoms with van der Waals surface area (Å²) in [7, 11) is 3.07. The van der Waals surface area contributed by atoms with Gasteiger partial charge >= 0.3 is 5.97 Å². The van der Waals surface area contributed by atoms with E-state index in [4.69, 9.17) is 23.4 Å². The van der Waals surface area contributed by atoms with Gasteiger partial charge in [0.05, 0.1) is 19.8 Å². The number of halogens is 1. The quantitative estimate of drug-likeness (QED) is 0.167. The van der Waals surface area contributed by atoms with Crippen LogP contribution in [0, 0.1) is 6.92 Å². The third-order valence-corrected chi connectivity index (χ3v) is 6.13.